The molecule has 1 aromatic heterocycles. The summed E-state index contributed by atoms with van der Waals surface area (Å²) in [6, 6.07) is 3.26. The average Bonchev–Trinajstić information content (AvgIpc) is 2.08. The van der Waals surface area contributed by atoms with Crippen LogP contribution in [-0.2, 0) is 0 Å². The highest BCUT2D eigenvalue weighted by atomic mass is 16.5. The average molecular weight is 163 g/mol. The Labute approximate surface area is 70.8 Å². The number of rotatable bonds is 2. The zero-order valence-electron chi connectivity index (χ0n) is 6.74. The van der Waals surface area contributed by atoms with Crippen molar-refractivity contribution in [1.29, 1.82) is 0 Å². The van der Waals surface area contributed by atoms with E-state index in [9.17, 15) is 0 Å². The van der Waals surface area contributed by atoms with Crippen molar-refractivity contribution in [2.75, 3.05) is 12.3 Å². The Kier molecular flexibility index (Phi) is 2.49. The lowest BCUT2D eigenvalue weighted by Crippen LogP contribution is -1.94. The second-order valence-corrected chi connectivity index (χ2v) is 2.10. The van der Waals surface area contributed by atoms with Gasteiger partial charge >= 0.3 is 5.82 Å². The lowest BCUT2D eigenvalue weighted by Gasteiger charge is -2.03. The Morgan fingerprint density at radius 3 is 3.00 bits per heavy atom. The van der Waals surface area contributed by atoms with E-state index in [0.717, 1.165) is 0 Å². The smallest absolute Gasteiger partial charge is 0.313 e. The van der Waals surface area contributed by atoms with E-state index >= 15 is 0 Å². The summed E-state index contributed by atoms with van der Waals surface area (Å²) in [4.78, 5) is 6.99. The van der Waals surface area contributed by atoms with Crippen molar-refractivity contribution in [3.63, 3.8) is 0 Å². The van der Waals surface area contributed by atoms with Gasteiger partial charge in [-0.2, -0.15) is 0 Å². The third kappa shape index (κ3) is 1.64. The largest absolute Gasteiger partial charge is 0.503 e. The van der Waals surface area contributed by atoms with Crippen LogP contribution in [-0.4, -0.2) is 11.6 Å². The van der Waals surface area contributed by atoms with E-state index < -0.39 is 0 Å². The predicted octanol–water partition coefficient (Wildman–Crippen LogP) is 1.61. The summed E-state index contributed by atoms with van der Waals surface area (Å²) in [6.07, 6.45) is 0. The molecule has 0 aliphatic carbocycles. The molecule has 0 radical (unpaired) electrons. The molecule has 0 aliphatic rings. The lowest BCUT2D eigenvalue weighted by molar-refractivity contribution is 0.341. The minimum atomic E-state index is 0.219. The number of pyridine rings is 1. The monoisotopic (exact) mass is 163 g/mol. The summed E-state index contributed by atoms with van der Waals surface area (Å²) in [5.74, 6) is 1.04. The fourth-order valence-electron chi connectivity index (χ4n) is 0.799. The molecule has 0 fully saturated rings. The first-order chi connectivity index (χ1) is 5.77. The van der Waals surface area contributed by atoms with E-state index in [0.29, 0.717) is 18.2 Å². The number of ether oxygens (including phenoxy) is 1. The van der Waals surface area contributed by atoms with Gasteiger partial charge in [0.25, 0.3) is 0 Å². The normalized spacial score (nSPS) is 9.00. The van der Waals surface area contributed by atoms with Crippen LogP contribution in [0.15, 0.2) is 12.1 Å². The van der Waals surface area contributed by atoms with Crippen LogP contribution >= 0.6 is 0 Å². The quantitative estimate of drug-likeness (QED) is 0.674. The molecule has 62 valence electrons. The van der Waals surface area contributed by atoms with Gasteiger partial charge in [0, 0.05) is 6.07 Å². The van der Waals surface area contributed by atoms with Crippen LogP contribution in [0.5, 0.6) is 5.75 Å². The summed E-state index contributed by atoms with van der Waals surface area (Å²) in [6.45, 7) is 9.16. The van der Waals surface area contributed by atoms with E-state index in [2.05, 4.69) is 9.83 Å². The van der Waals surface area contributed by atoms with Crippen LogP contribution < -0.4 is 10.5 Å². The van der Waals surface area contributed by atoms with Gasteiger partial charge in [0.1, 0.15) is 5.75 Å². The molecule has 0 unspecified atom stereocenters. The molecule has 4 nitrogen and oxygen atoms in total. The predicted molar refractivity (Wildman–Crippen MR) is 46.1 cm³/mol. The molecule has 0 amide bonds. The number of hydrogen-bond donors (Lipinski definition) is 1. The van der Waals surface area contributed by atoms with Gasteiger partial charge in [-0.15, -0.1) is 0 Å². The van der Waals surface area contributed by atoms with Gasteiger partial charge in [0.2, 0.25) is 5.82 Å². The molecule has 4 heteroatoms. The number of nitrogens with zero attached hydrogens (tertiary/aromatic N) is 2. The van der Waals surface area contributed by atoms with Crippen LogP contribution in [0.4, 0.5) is 11.6 Å². The van der Waals surface area contributed by atoms with Crippen molar-refractivity contribution in [2.24, 2.45) is 0 Å². The van der Waals surface area contributed by atoms with Gasteiger partial charge < -0.3 is 15.3 Å². The van der Waals surface area contributed by atoms with Gasteiger partial charge in [-0.05, 0) is 13.0 Å². The molecule has 0 atom stereocenters. The summed E-state index contributed by atoms with van der Waals surface area (Å²) < 4.78 is 5.15. The summed E-state index contributed by atoms with van der Waals surface area (Å²) in [5.41, 5.74) is 5.39. The van der Waals surface area contributed by atoms with Gasteiger partial charge in [-0.25, -0.2) is 0 Å². The minimum Gasteiger partial charge on any atom is -0.503 e. The third-order valence-electron chi connectivity index (χ3n) is 1.27. The fourth-order valence-corrected chi connectivity index (χ4v) is 0.799. The van der Waals surface area contributed by atoms with Gasteiger partial charge in [-0.3, -0.25) is 0 Å². The topological polar surface area (TPSA) is 52.5 Å². The molecule has 0 aromatic carbocycles. The lowest BCUT2D eigenvalue weighted by atomic mass is 10.4. The molecule has 0 saturated carbocycles. The molecular weight excluding hydrogens is 154 g/mol. The molecular formula is C8H9N3O. The molecule has 1 rings (SSSR count). The fraction of sp³-hybridized carbons (Fsp3) is 0.250. The molecule has 1 aromatic rings. The molecule has 12 heavy (non-hydrogen) atoms. The number of anilines is 1. The first kappa shape index (κ1) is 8.34. The second kappa shape index (κ2) is 3.58. The number of nitrogen functional groups attached to an aromatic ring is 1. The maximum absolute atomic E-state index is 6.79. The van der Waals surface area contributed by atoms with Crippen molar-refractivity contribution in [1.82, 2.24) is 4.98 Å². The highest BCUT2D eigenvalue weighted by molar-refractivity contribution is 5.55. The molecule has 1 heterocycles. The highest BCUT2D eigenvalue weighted by Crippen LogP contribution is 2.25. The Bertz CT molecular complexity index is 317. The molecule has 0 aliphatic heterocycles. The van der Waals surface area contributed by atoms with E-state index in [1.807, 2.05) is 6.92 Å². The second-order valence-electron chi connectivity index (χ2n) is 2.10. The summed E-state index contributed by atoms with van der Waals surface area (Å²) in [7, 11) is 0. The number of nitrogens with two attached hydrogens (primary N) is 1. The van der Waals surface area contributed by atoms with Crippen LogP contribution in [0.25, 0.3) is 4.85 Å². The molecule has 0 bridgehead atoms. The number of aromatic nitrogens is 1. The van der Waals surface area contributed by atoms with Crippen LogP contribution in [0.2, 0.25) is 0 Å². The maximum Gasteiger partial charge on any atom is 0.313 e. The first-order valence-corrected chi connectivity index (χ1v) is 3.54. The zero-order valence-corrected chi connectivity index (χ0v) is 6.74. The van der Waals surface area contributed by atoms with E-state index in [1.165, 1.54) is 0 Å². The van der Waals surface area contributed by atoms with E-state index in [4.69, 9.17) is 17.0 Å². The minimum absolute atomic E-state index is 0.219. The van der Waals surface area contributed by atoms with Gasteiger partial charge in [-0.1, -0.05) is 11.6 Å². The van der Waals surface area contributed by atoms with Gasteiger partial charge in [0.15, 0.2) is 0 Å². The van der Waals surface area contributed by atoms with Gasteiger partial charge in [0.05, 0.1) is 6.61 Å². The zero-order chi connectivity index (χ0) is 8.97. The third-order valence-corrected chi connectivity index (χ3v) is 1.27. The van der Waals surface area contributed by atoms with Crippen LogP contribution in [0, 0.1) is 6.57 Å². The Hall–Kier alpha value is -1.76. The molecule has 2 N–H and O–H groups in total. The Morgan fingerprint density at radius 2 is 2.42 bits per heavy atom. The SMILES string of the molecule is [C-]#[N+]c1nc(N)ccc1OCC. The highest BCUT2D eigenvalue weighted by Gasteiger charge is 2.05. The Balaban J connectivity index is 3.05. The van der Waals surface area contributed by atoms with Crippen LogP contribution in [0.1, 0.15) is 6.92 Å². The molecule has 0 spiro atoms. The van der Waals surface area contributed by atoms with E-state index in [1.54, 1.807) is 12.1 Å². The summed E-state index contributed by atoms with van der Waals surface area (Å²) in [5, 5.41) is 0. The summed E-state index contributed by atoms with van der Waals surface area (Å²) >= 11 is 0. The first-order valence-electron chi connectivity index (χ1n) is 3.54. The standard InChI is InChI=1S/C8H9N3O/c1-3-12-6-4-5-7(9)11-8(6)10-2/h4-5H,3H2,1H3,(H2,9,11). The van der Waals surface area contributed by atoms with Crippen molar-refractivity contribution < 1.29 is 4.74 Å². The van der Waals surface area contributed by atoms with Crippen molar-refractivity contribution in [3.05, 3.63) is 23.5 Å². The van der Waals surface area contributed by atoms with Crippen molar-refractivity contribution in [2.45, 2.75) is 6.92 Å². The van der Waals surface area contributed by atoms with E-state index in [-0.39, 0.29) is 5.82 Å². The maximum atomic E-state index is 6.79. The number of hydrogen-bond acceptors (Lipinski definition) is 3. The van der Waals surface area contributed by atoms with Crippen molar-refractivity contribution >= 4 is 11.6 Å². The van der Waals surface area contributed by atoms with Crippen molar-refractivity contribution in [3.8, 4) is 5.75 Å². The Morgan fingerprint density at radius 1 is 1.67 bits per heavy atom. The molecule has 0 saturated heterocycles. The van der Waals surface area contributed by atoms with Crippen LogP contribution in [0.3, 0.4) is 0 Å².